The van der Waals surface area contributed by atoms with E-state index < -0.39 is 5.76 Å². The lowest BCUT2D eigenvalue weighted by Gasteiger charge is -2.03. The molecule has 0 aliphatic rings. The fourth-order valence-electron chi connectivity index (χ4n) is 3.09. The fourth-order valence-corrected chi connectivity index (χ4v) is 3.09. The maximum Gasteiger partial charge on any atom is 0.426 e. The molecule has 4 heteroatoms. The first-order valence-electron chi connectivity index (χ1n) is 8.93. The molecular formula is C21H23NO3. The van der Waals surface area contributed by atoms with E-state index in [4.69, 9.17) is 4.42 Å². The molecule has 130 valence electrons. The second-order valence-corrected chi connectivity index (χ2v) is 6.32. The van der Waals surface area contributed by atoms with Crippen molar-refractivity contribution in [1.82, 2.24) is 4.57 Å². The highest BCUT2D eigenvalue weighted by molar-refractivity contribution is 5.88. The number of aryl methyl sites for hydroxylation is 1. The smallest absolute Gasteiger partial charge is 0.407 e. The second kappa shape index (κ2) is 8.47. The van der Waals surface area contributed by atoms with Gasteiger partial charge in [0.2, 0.25) is 5.91 Å². The van der Waals surface area contributed by atoms with Crippen molar-refractivity contribution in [2.75, 3.05) is 0 Å². The van der Waals surface area contributed by atoms with Crippen molar-refractivity contribution in [3.05, 3.63) is 70.7 Å². The van der Waals surface area contributed by atoms with Crippen LogP contribution in [-0.4, -0.2) is 10.5 Å². The minimum atomic E-state index is -0.589. The van der Waals surface area contributed by atoms with Crippen molar-refractivity contribution in [2.24, 2.45) is 0 Å². The van der Waals surface area contributed by atoms with Gasteiger partial charge in [-0.3, -0.25) is 4.79 Å². The minimum absolute atomic E-state index is 0.181. The van der Waals surface area contributed by atoms with Gasteiger partial charge in [0.25, 0.3) is 0 Å². The first-order valence-corrected chi connectivity index (χ1v) is 8.93. The monoisotopic (exact) mass is 337 g/mol. The number of benzene rings is 2. The molecule has 0 bridgehead atoms. The molecule has 3 aromatic rings. The van der Waals surface area contributed by atoms with Gasteiger partial charge in [0.1, 0.15) is 0 Å². The third-order valence-corrected chi connectivity index (χ3v) is 4.43. The third-order valence-electron chi connectivity index (χ3n) is 4.43. The number of hydrogen-bond donors (Lipinski definition) is 0. The van der Waals surface area contributed by atoms with Crippen molar-refractivity contribution in [3.8, 4) is 0 Å². The third kappa shape index (κ3) is 4.47. The standard InChI is InChI=1S/C21H23NO3/c23-20(22-18-14-9-10-15-19(18)25-21(22)24)16-8-3-1-2-5-11-17-12-6-4-7-13-17/h4,6-7,9-10,12-15H,1-3,5,8,11,16H2. The van der Waals surface area contributed by atoms with E-state index in [1.807, 2.05) is 6.07 Å². The maximum atomic E-state index is 12.3. The second-order valence-electron chi connectivity index (χ2n) is 6.32. The van der Waals surface area contributed by atoms with Crippen LogP contribution in [0.2, 0.25) is 0 Å². The van der Waals surface area contributed by atoms with Gasteiger partial charge in [-0.2, -0.15) is 0 Å². The molecule has 0 aliphatic carbocycles. The number of rotatable bonds is 8. The number of oxazole rings is 1. The van der Waals surface area contributed by atoms with Crippen molar-refractivity contribution in [3.63, 3.8) is 0 Å². The fraction of sp³-hybridized carbons (Fsp3) is 0.333. The Hall–Kier alpha value is -2.62. The zero-order valence-electron chi connectivity index (χ0n) is 14.3. The van der Waals surface area contributed by atoms with Crippen molar-refractivity contribution in [2.45, 2.75) is 44.9 Å². The van der Waals surface area contributed by atoms with Crippen LogP contribution >= 0.6 is 0 Å². The van der Waals surface area contributed by atoms with Crippen LogP contribution in [0.15, 0.2) is 63.8 Å². The van der Waals surface area contributed by atoms with Gasteiger partial charge >= 0.3 is 5.76 Å². The van der Waals surface area contributed by atoms with Crippen LogP contribution < -0.4 is 5.76 Å². The Balaban J connectivity index is 1.39. The largest absolute Gasteiger partial charge is 0.426 e. The summed E-state index contributed by atoms with van der Waals surface area (Å²) in [6.07, 6.45) is 6.74. The molecule has 0 unspecified atom stereocenters. The summed E-state index contributed by atoms with van der Waals surface area (Å²) < 4.78 is 6.27. The van der Waals surface area contributed by atoms with Gasteiger partial charge in [0.15, 0.2) is 5.58 Å². The topological polar surface area (TPSA) is 52.2 Å². The molecule has 1 aromatic heterocycles. The van der Waals surface area contributed by atoms with Crippen molar-refractivity contribution < 1.29 is 9.21 Å². The molecular weight excluding hydrogens is 314 g/mol. The van der Waals surface area contributed by atoms with E-state index >= 15 is 0 Å². The molecule has 0 aliphatic heterocycles. The Morgan fingerprint density at radius 2 is 1.52 bits per heavy atom. The number of carbonyl (C=O) groups excluding carboxylic acids is 1. The first kappa shape index (κ1) is 17.2. The minimum Gasteiger partial charge on any atom is -0.407 e. The summed E-state index contributed by atoms with van der Waals surface area (Å²) in [5.74, 6) is -0.770. The normalized spacial score (nSPS) is 11.0. The molecule has 25 heavy (non-hydrogen) atoms. The molecule has 1 heterocycles. The number of fused-ring (bicyclic) bond motifs is 1. The van der Waals surface area contributed by atoms with Gasteiger partial charge < -0.3 is 4.42 Å². The average Bonchev–Trinajstić information content (AvgIpc) is 2.97. The van der Waals surface area contributed by atoms with Crippen molar-refractivity contribution in [1.29, 1.82) is 0 Å². The molecule has 0 saturated carbocycles. The summed E-state index contributed by atoms with van der Waals surface area (Å²) >= 11 is 0. The molecule has 0 atom stereocenters. The van der Waals surface area contributed by atoms with Gasteiger partial charge in [-0.1, -0.05) is 61.7 Å². The number of carbonyl (C=O) groups is 1. The molecule has 2 aromatic carbocycles. The van der Waals surface area contributed by atoms with Crippen LogP contribution in [0.25, 0.3) is 11.1 Å². The van der Waals surface area contributed by atoms with Crippen LogP contribution in [0.3, 0.4) is 0 Å². The average molecular weight is 337 g/mol. The van der Waals surface area contributed by atoms with Gasteiger partial charge in [-0.05, 0) is 37.0 Å². The van der Waals surface area contributed by atoms with Gasteiger partial charge in [0, 0.05) is 6.42 Å². The maximum absolute atomic E-state index is 12.3. The van der Waals surface area contributed by atoms with Crippen LogP contribution in [0, 0.1) is 0 Å². The van der Waals surface area contributed by atoms with Crippen LogP contribution in [0.5, 0.6) is 0 Å². The summed E-state index contributed by atoms with van der Waals surface area (Å²) in [6.45, 7) is 0. The van der Waals surface area contributed by atoms with E-state index in [-0.39, 0.29) is 5.91 Å². The number of hydrogen-bond acceptors (Lipinski definition) is 3. The zero-order valence-corrected chi connectivity index (χ0v) is 14.3. The lowest BCUT2D eigenvalue weighted by Crippen LogP contribution is -2.22. The zero-order chi connectivity index (χ0) is 17.5. The molecule has 0 saturated heterocycles. The van der Waals surface area contributed by atoms with E-state index in [0.717, 1.165) is 36.7 Å². The van der Waals surface area contributed by atoms with E-state index in [0.29, 0.717) is 17.5 Å². The Kier molecular flexibility index (Phi) is 5.83. The van der Waals surface area contributed by atoms with Crippen LogP contribution in [-0.2, 0) is 6.42 Å². The van der Waals surface area contributed by atoms with Gasteiger partial charge in [-0.25, -0.2) is 9.36 Å². The highest BCUT2D eigenvalue weighted by Gasteiger charge is 2.14. The summed E-state index contributed by atoms with van der Waals surface area (Å²) in [7, 11) is 0. The van der Waals surface area contributed by atoms with E-state index in [1.165, 1.54) is 12.0 Å². The lowest BCUT2D eigenvalue weighted by atomic mass is 10.0. The molecule has 0 fully saturated rings. The quantitative estimate of drug-likeness (QED) is 0.554. The van der Waals surface area contributed by atoms with Gasteiger partial charge in [0.05, 0.1) is 5.52 Å². The molecule has 0 amide bonds. The summed E-state index contributed by atoms with van der Waals surface area (Å²) in [5, 5.41) is 0. The summed E-state index contributed by atoms with van der Waals surface area (Å²) in [6, 6.07) is 17.5. The van der Waals surface area contributed by atoms with Crippen LogP contribution in [0.1, 0.15) is 48.9 Å². The molecule has 0 N–H and O–H groups in total. The van der Waals surface area contributed by atoms with Crippen molar-refractivity contribution >= 4 is 17.0 Å². The molecule has 3 rings (SSSR count). The number of para-hydroxylation sites is 2. The Labute approximate surface area is 147 Å². The Morgan fingerprint density at radius 1 is 0.840 bits per heavy atom. The highest BCUT2D eigenvalue weighted by Crippen LogP contribution is 2.14. The highest BCUT2D eigenvalue weighted by atomic mass is 16.4. The number of aromatic nitrogens is 1. The SMILES string of the molecule is O=C(CCCCCCCc1ccccc1)n1c(=O)oc2ccccc21. The Morgan fingerprint density at radius 3 is 2.36 bits per heavy atom. The number of nitrogens with zero attached hydrogens (tertiary/aromatic N) is 1. The number of unbranched alkanes of at least 4 members (excludes halogenated alkanes) is 4. The molecule has 0 radical (unpaired) electrons. The van der Waals surface area contributed by atoms with E-state index in [2.05, 4.69) is 24.3 Å². The Bertz CT molecular complexity index is 877. The molecule has 0 spiro atoms. The lowest BCUT2D eigenvalue weighted by molar-refractivity contribution is 0.0895. The van der Waals surface area contributed by atoms with Crippen LogP contribution in [0.4, 0.5) is 0 Å². The predicted molar refractivity (Wildman–Crippen MR) is 98.9 cm³/mol. The van der Waals surface area contributed by atoms with Gasteiger partial charge in [-0.15, -0.1) is 0 Å². The predicted octanol–water partition coefficient (Wildman–Crippen LogP) is 4.82. The van der Waals surface area contributed by atoms with E-state index in [1.54, 1.807) is 24.3 Å². The first-order chi connectivity index (χ1) is 12.3. The summed E-state index contributed by atoms with van der Waals surface area (Å²) in [4.78, 5) is 24.2. The summed E-state index contributed by atoms with van der Waals surface area (Å²) in [5.41, 5.74) is 2.39. The molecule has 4 nitrogen and oxygen atoms in total. The van der Waals surface area contributed by atoms with E-state index in [9.17, 15) is 9.59 Å².